The highest BCUT2D eigenvalue weighted by atomic mass is 127. The van der Waals surface area contributed by atoms with Gasteiger partial charge in [0.25, 0.3) is 0 Å². The smallest absolute Gasteiger partial charge is 0.395 e. The first kappa shape index (κ1) is 10.1. The summed E-state index contributed by atoms with van der Waals surface area (Å²) in [6, 6.07) is 0.111. The van der Waals surface area contributed by atoms with Gasteiger partial charge in [-0.05, 0) is 35.4 Å². The number of nitrogens with zero attached hydrogens (tertiary/aromatic N) is 2. The molecule has 0 bridgehead atoms. The predicted octanol–water partition coefficient (Wildman–Crippen LogP) is 2.42. The second-order valence-corrected chi connectivity index (χ2v) is 4.25. The van der Waals surface area contributed by atoms with Gasteiger partial charge in [-0.2, -0.15) is 18.3 Å². The molecule has 1 heterocycles. The zero-order valence-electron chi connectivity index (χ0n) is 6.98. The molecule has 14 heavy (non-hydrogen) atoms. The first-order valence-electron chi connectivity index (χ1n) is 4.02. The van der Waals surface area contributed by atoms with Gasteiger partial charge in [0.15, 0.2) is 5.69 Å². The van der Waals surface area contributed by atoms with E-state index in [0.29, 0.717) is 3.70 Å². The maximum atomic E-state index is 12.4. The van der Waals surface area contributed by atoms with Crippen LogP contribution in [0.5, 0.6) is 0 Å². The Morgan fingerprint density at radius 3 is 2.36 bits per heavy atom. The molecule has 1 aromatic rings. The van der Waals surface area contributed by atoms with E-state index < -0.39 is 11.9 Å². The minimum Gasteiger partial charge on any atom is -0.395 e. The summed E-state index contributed by atoms with van der Waals surface area (Å²) < 4.78 is 38.9. The Hall–Kier alpha value is -0.470. The second-order valence-electron chi connectivity index (χ2n) is 3.23. The number of halogens is 4. The Morgan fingerprint density at radius 1 is 1.43 bits per heavy atom. The van der Waals surface area contributed by atoms with Gasteiger partial charge in [-0.25, -0.2) is 0 Å². The minimum absolute atomic E-state index is 0.111. The van der Waals surface area contributed by atoms with Crippen LogP contribution in [-0.4, -0.2) is 9.78 Å². The van der Waals surface area contributed by atoms with Crippen molar-refractivity contribution in [3.63, 3.8) is 0 Å². The van der Waals surface area contributed by atoms with Crippen molar-refractivity contribution in [3.8, 4) is 0 Å². The van der Waals surface area contributed by atoms with Gasteiger partial charge in [-0.3, -0.25) is 4.68 Å². The fourth-order valence-electron chi connectivity index (χ4n) is 1.20. The minimum atomic E-state index is -4.45. The molecule has 1 saturated carbocycles. The summed E-state index contributed by atoms with van der Waals surface area (Å²) in [6.45, 7) is 0. The third kappa shape index (κ3) is 1.57. The average molecular weight is 317 g/mol. The van der Waals surface area contributed by atoms with Crippen LogP contribution in [0.3, 0.4) is 0 Å². The molecule has 0 spiro atoms. The maximum absolute atomic E-state index is 12.4. The monoisotopic (exact) mass is 317 g/mol. The molecule has 1 aliphatic carbocycles. The molecule has 2 N–H and O–H groups in total. The first-order chi connectivity index (χ1) is 6.41. The van der Waals surface area contributed by atoms with Gasteiger partial charge in [0.2, 0.25) is 0 Å². The van der Waals surface area contributed by atoms with E-state index in [1.165, 1.54) is 4.68 Å². The average Bonchev–Trinajstić information content (AvgIpc) is 2.81. The summed E-state index contributed by atoms with van der Waals surface area (Å²) in [5.74, 6) is 0. The van der Waals surface area contributed by atoms with Crippen molar-refractivity contribution >= 4 is 28.3 Å². The molecule has 3 nitrogen and oxygen atoms in total. The third-order valence-corrected chi connectivity index (χ3v) is 3.12. The third-order valence-electron chi connectivity index (χ3n) is 2.05. The fraction of sp³-hybridized carbons (Fsp3) is 0.571. The van der Waals surface area contributed by atoms with Crippen molar-refractivity contribution in [1.82, 2.24) is 9.78 Å². The molecule has 1 fully saturated rings. The molecule has 0 radical (unpaired) electrons. The van der Waals surface area contributed by atoms with E-state index in [1.54, 1.807) is 22.6 Å². The van der Waals surface area contributed by atoms with Crippen LogP contribution in [-0.2, 0) is 6.18 Å². The fourth-order valence-corrected chi connectivity index (χ4v) is 1.95. The SMILES string of the molecule is Nc1c(C(F)(F)F)nn(C2CC2)c1I. The Labute approximate surface area is 91.6 Å². The zero-order valence-corrected chi connectivity index (χ0v) is 9.13. The Balaban J connectivity index is 2.47. The number of nitrogens with two attached hydrogens (primary N) is 1. The van der Waals surface area contributed by atoms with Gasteiger partial charge in [0.05, 0.1) is 11.7 Å². The number of rotatable bonds is 1. The summed E-state index contributed by atoms with van der Waals surface area (Å²) >= 11 is 1.80. The molecule has 78 valence electrons. The molecule has 2 rings (SSSR count). The van der Waals surface area contributed by atoms with Crippen molar-refractivity contribution in [2.75, 3.05) is 5.73 Å². The van der Waals surface area contributed by atoms with Crippen LogP contribution in [0.4, 0.5) is 18.9 Å². The van der Waals surface area contributed by atoms with Gasteiger partial charge in [-0.15, -0.1) is 0 Å². The molecular formula is C7H7F3IN3. The Kier molecular flexibility index (Phi) is 2.16. The largest absolute Gasteiger partial charge is 0.437 e. The highest BCUT2D eigenvalue weighted by molar-refractivity contribution is 14.1. The second kappa shape index (κ2) is 3.01. The molecule has 7 heteroatoms. The van der Waals surface area contributed by atoms with E-state index in [4.69, 9.17) is 5.73 Å². The van der Waals surface area contributed by atoms with Gasteiger partial charge in [-0.1, -0.05) is 0 Å². The van der Waals surface area contributed by atoms with E-state index >= 15 is 0 Å². The number of aromatic nitrogens is 2. The van der Waals surface area contributed by atoms with Gasteiger partial charge < -0.3 is 5.73 Å². The zero-order chi connectivity index (χ0) is 10.5. The molecular weight excluding hydrogens is 310 g/mol. The lowest BCUT2D eigenvalue weighted by atomic mass is 10.4. The molecule has 0 unspecified atom stereocenters. The topological polar surface area (TPSA) is 43.8 Å². The number of hydrogen-bond acceptors (Lipinski definition) is 2. The van der Waals surface area contributed by atoms with E-state index in [1.807, 2.05) is 0 Å². The van der Waals surface area contributed by atoms with Crippen molar-refractivity contribution in [2.24, 2.45) is 0 Å². The summed E-state index contributed by atoms with van der Waals surface area (Å²) in [4.78, 5) is 0. The lowest BCUT2D eigenvalue weighted by molar-refractivity contribution is -0.140. The van der Waals surface area contributed by atoms with Crippen molar-refractivity contribution in [1.29, 1.82) is 0 Å². The number of hydrogen-bond donors (Lipinski definition) is 1. The van der Waals surface area contributed by atoms with Crippen LogP contribution in [0.2, 0.25) is 0 Å². The lowest BCUT2D eigenvalue weighted by Gasteiger charge is -2.01. The highest BCUT2D eigenvalue weighted by Gasteiger charge is 2.40. The predicted molar refractivity (Wildman–Crippen MR) is 52.6 cm³/mol. The molecule has 0 atom stereocenters. The van der Waals surface area contributed by atoms with E-state index in [-0.39, 0.29) is 11.7 Å². The summed E-state index contributed by atoms with van der Waals surface area (Å²) in [6.07, 6.45) is -2.69. The van der Waals surface area contributed by atoms with Crippen molar-refractivity contribution in [3.05, 3.63) is 9.39 Å². The van der Waals surface area contributed by atoms with E-state index in [0.717, 1.165) is 12.8 Å². The Bertz CT molecular complexity index is 367. The standard InChI is InChI=1S/C7H7F3IN3/c8-7(9,10)5-4(12)6(11)14(13-5)3-1-2-3/h3H,1-2,12H2. The normalized spacial score (nSPS) is 17.4. The molecule has 1 aromatic heterocycles. The molecule has 1 aliphatic rings. The number of nitrogen functional groups attached to an aromatic ring is 1. The van der Waals surface area contributed by atoms with Crippen LogP contribution in [0.15, 0.2) is 0 Å². The van der Waals surface area contributed by atoms with Crippen LogP contribution in [0.25, 0.3) is 0 Å². The Morgan fingerprint density at radius 2 is 2.00 bits per heavy atom. The van der Waals surface area contributed by atoms with Gasteiger partial charge in [0, 0.05) is 0 Å². The number of anilines is 1. The summed E-state index contributed by atoms with van der Waals surface area (Å²) in [7, 11) is 0. The van der Waals surface area contributed by atoms with Gasteiger partial charge in [0.1, 0.15) is 3.70 Å². The van der Waals surface area contributed by atoms with Crippen molar-refractivity contribution in [2.45, 2.75) is 25.1 Å². The van der Waals surface area contributed by atoms with Gasteiger partial charge >= 0.3 is 6.18 Å². The molecule has 0 aromatic carbocycles. The van der Waals surface area contributed by atoms with Crippen LogP contribution < -0.4 is 5.73 Å². The van der Waals surface area contributed by atoms with E-state index in [9.17, 15) is 13.2 Å². The highest BCUT2D eigenvalue weighted by Crippen LogP contribution is 2.41. The van der Waals surface area contributed by atoms with Crippen LogP contribution >= 0.6 is 22.6 Å². The quantitative estimate of drug-likeness (QED) is 0.809. The van der Waals surface area contributed by atoms with Crippen LogP contribution in [0, 0.1) is 3.70 Å². The maximum Gasteiger partial charge on any atom is 0.437 e. The lowest BCUT2D eigenvalue weighted by Crippen LogP contribution is -2.09. The summed E-state index contributed by atoms with van der Waals surface area (Å²) in [5, 5.41) is 3.50. The van der Waals surface area contributed by atoms with Crippen LogP contribution in [0.1, 0.15) is 24.6 Å². The molecule has 0 aliphatic heterocycles. The first-order valence-corrected chi connectivity index (χ1v) is 5.10. The molecule has 0 saturated heterocycles. The van der Waals surface area contributed by atoms with Crippen molar-refractivity contribution < 1.29 is 13.2 Å². The number of alkyl halides is 3. The van der Waals surface area contributed by atoms with E-state index in [2.05, 4.69) is 5.10 Å². The molecule has 0 amide bonds. The summed E-state index contributed by atoms with van der Waals surface area (Å²) in [5.41, 5.74) is 4.12.